The fraction of sp³-hybridized carbons (Fsp3) is 0.158. The van der Waals surface area contributed by atoms with Crippen molar-refractivity contribution in [1.82, 2.24) is 0 Å². The lowest BCUT2D eigenvalue weighted by Crippen LogP contribution is -2.29. The molecule has 1 fully saturated rings. The van der Waals surface area contributed by atoms with E-state index in [2.05, 4.69) is 0 Å². The molecule has 0 atom stereocenters. The molecule has 0 bridgehead atoms. The van der Waals surface area contributed by atoms with Crippen molar-refractivity contribution < 1.29 is 4.79 Å². The highest BCUT2D eigenvalue weighted by molar-refractivity contribution is 8.27. The van der Waals surface area contributed by atoms with Crippen molar-refractivity contribution in [3.63, 3.8) is 0 Å². The highest BCUT2D eigenvalue weighted by Crippen LogP contribution is 2.41. The number of nitrogens with zero attached hydrogens (tertiary/aromatic N) is 1. The summed E-state index contributed by atoms with van der Waals surface area (Å²) in [5.74, 6) is -0.0586. The molecule has 0 spiro atoms. The van der Waals surface area contributed by atoms with Crippen molar-refractivity contribution in [3.05, 3.63) is 64.1 Å². The molecule has 3 nitrogen and oxygen atoms in total. The molecule has 1 aliphatic rings. The molecule has 0 aliphatic carbocycles. The Kier molecular flexibility index (Phi) is 4.47. The summed E-state index contributed by atoms with van der Waals surface area (Å²) < 4.78 is 0.571. The van der Waals surface area contributed by atoms with Crippen LogP contribution in [0, 0.1) is 13.8 Å². The number of thioether (sulfide) groups is 1. The van der Waals surface area contributed by atoms with E-state index in [1.807, 2.05) is 63.2 Å². The molecule has 122 valence electrons. The Hall–Kier alpha value is -2.11. The van der Waals surface area contributed by atoms with Gasteiger partial charge < -0.3 is 5.73 Å². The minimum atomic E-state index is -0.0586. The highest BCUT2D eigenvalue weighted by Gasteiger charge is 2.36. The van der Waals surface area contributed by atoms with Crippen LogP contribution in [-0.4, -0.2) is 10.2 Å². The number of aryl methyl sites for hydroxylation is 2. The average molecular weight is 355 g/mol. The maximum absolute atomic E-state index is 13.0. The van der Waals surface area contributed by atoms with Gasteiger partial charge in [0.25, 0.3) is 5.91 Å². The standard InChI is InChI=1S/C19H18N2OS2/c1-11-5-4-6-12(2)16(11)21-18(22)17(24-19(21)23)13(3)14-7-9-15(20)10-8-14/h4-10H,20H2,1-3H3/b17-13-. The van der Waals surface area contributed by atoms with Crippen LogP contribution >= 0.6 is 24.0 Å². The molecule has 5 heteroatoms. The van der Waals surface area contributed by atoms with E-state index in [4.69, 9.17) is 18.0 Å². The number of rotatable bonds is 2. The van der Waals surface area contributed by atoms with Crippen LogP contribution in [0.15, 0.2) is 47.4 Å². The van der Waals surface area contributed by atoms with Gasteiger partial charge in [-0.25, -0.2) is 0 Å². The molecule has 1 heterocycles. The first-order valence-electron chi connectivity index (χ1n) is 7.59. The lowest BCUT2D eigenvalue weighted by molar-refractivity contribution is -0.113. The maximum atomic E-state index is 13.0. The monoisotopic (exact) mass is 354 g/mol. The quantitative estimate of drug-likeness (QED) is 0.483. The number of nitrogens with two attached hydrogens (primary N) is 1. The fourth-order valence-corrected chi connectivity index (χ4v) is 4.13. The van der Waals surface area contributed by atoms with Gasteiger partial charge in [-0.1, -0.05) is 54.3 Å². The van der Waals surface area contributed by atoms with E-state index >= 15 is 0 Å². The SMILES string of the molecule is C/C(=C1/SC(=S)N(c2c(C)cccc2C)C1=O)c1ccc(N)cc1. The molecule has 1 saturated heterocycles. The van der Waals surface area contributed by atoms with Crippen LogP contribution in [0.2, 0.25) is 0 Å². The third-order valence-electron chi connectivity index (χ3n) is 4.12. The molecule has 1 aliphatic heterocycles. The van der Waals surface area contributed by atoms with Gasteiger partial charge in [0.1, 0.15) is 0 Å². The molecule has 0 radical (unpaired) electrons. The minimum absolute atomic E-state index is 0.0586. The largest absolute Gasteiger partial charge is 0.399 e. The number of thiocarbonyl (C=S) groups is 1. The Balaban J connectivity index is 2.06. The first kappa shape index (κ1) is 16.7. The zero-order chi connectivity index (χ0) is 17.4. The third kappa shape index (κ3) is 2.85. The van der Waals surface area contributed by atoms with E-state index in [-0.39, 0.29) is 5.91 Å². The van der Waals surface area contributed by atoms with Crippen molar-refractivity contribution in [3.8, 4) is 0 Å². The summed E-state index contributed by atoms with van der Waals surface area (Å²) in [6.07, 6.45) is 0. The third-order valence-corrected chi connectivity index (χ3v) is 5.59. The summed E-state index contributed by atoms with van der Waals surface area (Å²) in [7, 11) is 0. The summed E-state index contributed by atoms with van der Waals surface area (Å²) in [6, 6.07) is 13.5. The Bertz CT molecular complexity index is 849. The van der Waals surface area contributed by atoms with Gasteiger partial charge in [-0.15, -0.1) is 0 Å². The number of hydrogen-bond donors (Lipinski definition) is 1. The van der Waals surface area contributed by atoms with E-state index in [1.165, 1.54) is 11.8 Å². The second-order valence-corrected chi connectivity index (χ2v) is 7.47. The number of amides is 1. The number of carbonyl (C=O) groups excluding carboxylic acids is 1. The van der Waals surface area contributed by atoms with Crippen molar-refractivity contribution in [2.45, 2.75) is 20.8 Å². The smallest absolute Gasteiger partial charge is 0.271 e. The molecular weight excluding hydrogens is 336 g/mol. The Morgan fingerprint density at radius 3 is 2.25 bits per heavy atom. The number of hydrogen-bond acceptors (Lipinski definition) is 4. The van der Waals surface area contributed by atoms with Crippen LogP contribution in [0.25, 0.3) is 5.57 Å². The van der Waals surface area contributed by atoms with Gasteiger partial charge in [0.05, 0.1) is 10.6 Å². The van der Waals surface area contributed by atoms with Crippen molar-refractivity contribution >= 4 is 51.2 Å². The summed E-state index contributed by atoms with van der Waals surface area (Å²) >= 11 is 6.86. The second kappa shape index (κ2) is 6.42. The van der Waals surface area contributed by atoms with Gasteiger partial charge >= 0.3 is 0 Å². The van der Waals surface area contributed by atoms with Crippen molar-refractivity contribution in [1.29, 1.82) is 0 Å². The predicted octanol–water partition coefficient (Wildman–Crippen LogP) is 4.68. The molecule has 0 unspecified atom stereocenters. The van der Waals surface area contributed by atoms with E-state index in [0.717, 1.165) is 28.0 Å². The highest BCUT2D eigenvalue weighted by atomic mass is 32.2. The first-order chi connectivity index (χ1) is 11.4. The zero-order valence-electron chi connectivity index (χ0n) is 13.8. The average Bonchev–Trinajstić information content (AvgIpc) is 2.83. The summed E-state index contributed by atoms with van der Waals surface area (Å²) in [6.45, 7) is 5.94. The molecular formula is C19H18N2OS2. The van der Waals surface area contributed by atoms with Gasteiger partial charge in [-0.2, -0.15) is 0 Å². The molecule has 2 aromatic rings. The Morgan fingerprint density at radius 2 is 1.67 bits per heavy atom. The zero-order valence-corrected chi connectivity index (χ0v) is 15.4. The van der Waals surface area contributed by atoms with Gasteiger partial charge in [0, 0.05) is 5.69 Å². The molecule has 0 saturated carbocycles. The number of anilines is 2. The van der Waals surface area contributed by atoms with Crippen LogP contribution in [0.1, 0.15) is 23.6 Å². The van der Waals surface area contributed by atoms with Crippen LogP contribution in [0.5, 0.6) is 0 Å². The summed E-state index contributed by atoms with van der Waals surface area (Å²) in [5.41, 5.74) is 11.3. The number of para-hydroxylation sites is 1. The number of nitrogen functional groups attached to an aromatic ring is 1. The van der Waals surface area contributed by atoms with Gasteiger partial charge in [-0.05, 0) is 55.2 Å². The Morgan fingerprint density at radius 1 is 1.08 bits per heavy atom. The minimum Gasteiger partial charge on any atom is -0.399 e. The number of benzene rings is 2. The predicted molar refractivity (Wildman–Crippen MR) is 107 cm³/mol. The number of carbonyl (C=O) groups is 1. The van der Waals surface area contributed by atoms with Gasteiger partial charge in [-0.3, -0.25) is 9.69 Å². The second-order valence-electron chi connectivity index (χ2n) is 5.83. The van der Waals surface area contributed by atoms with E-state index in [9.17, 15) is 4.79 Å². The normalized spacial score (nSPS) is 16.7. The van der Waals surface area contributed by atoms with Crippen LogP contribution < -0.4 is 10.6 Å². The molecule has 0 aromatic heterocycles. The lowest BCUT2D eigenvalue weighted by Gasteiger charge is -2.19. The molecule has 1 amide bonds. The topological polar surface area (TPSA) is 46.3 Å². The van der Waals surface area contributed by atoms with Crippen LogP contribution in [0.3, 0.4) is 0 Å². The van der Waals surface area contributed by atoms with E-state index in [1.54, 1.807) is 4.90 Å². The van der Waals surface area contributed by atoms with Crippen molar-refractivity contribution in [2.24, 2.45) is 0 Å². The summed E-state index contributed by atoms with van der Waals surface area (Å²) in [4.78, 5) is 15.4. The summed E-state index contributed by atoms with van der Waals surface area (Å²) in [5, 5.41) is 0. The van der Waals surface area contributed by atoms with Crippen molar-refractivity contribution in [2.75, 3.05) is 10.6 Å². The maximum Gasteiger partial charge on any atom is 0.271 e. The molecule has 2 aromatic carbocycles. The first-order valence-corrected chi connectivity index (χ1v) is 8.82. The van der Waals surface area contributed by atoms with E-state index in [0.29, 0.717) is 14.9 Å². The van der Waals surface area contributed by atoms with Crippen LogP contribution in [0.4, 0.5) is 11.4 Å². The van der Waals surface area contributed by atoms with Gasteiger partial charge in [0.15, 0.2) is 4.32 Å². The molecule has 24 heavy (non-hydrogen) atoms. The number of allylic oxidation sites excluding steroid dienone is 1. The Labute approximate surface area is 151 Å². The van der Waals surface area contributed by atoms with Crippen LogP contribution in [-0.2, 0) is 4.79 Å². The molecule has 2 N–H and O–H groups in total. The lowest BCUT2D eigenvalue weighted by atomic mass is 10.1. The fourth-order valence-electron chi connectivity index (χ4n) is 2.81. The van der Waals surface area contributed by atoms with E-state index < -0.39 is 0 Å². The molecule has 3 rings (SSSR count). The van der Waals surface area contributed by atoms with Gasteiger partial charge in [0.2, 0.25) is 0 Å².